The predicted molar refractivity (Wildman–Crippen MR) is 67.5 cm³/mol. The van der Waals surface area contributed by atoms with Gasteiger partial charge in [0.1, 0.15) is 0 Å². The monoisotopic (exact) mass is 236 g/mol. The lowest BCUT2D eigenvalue weighted by Gasteiger charge is -2.08. The summed E-state index contributed by atoms with van der Waals surface area (Å²) in [4.78, 5) is 0. The highest BCUT2D eigenvalue weighted by Gasteiger charge is 2.03. The van der Waals surface area contributed by atoms with Gasteiger partial charge in [0, 0.05) is 5.38 Å². The number of rotatable bonds is 11. The minimum absolute atomic E-state index is 0.194. The number of halogens is 2. The van der Waals surface area contributed by atoms with Crippen LogP contribution in [-0.2, 0) is 0 Å². The summed E-state index contributed by atoms with van der Waals surface area (Å²) in [6.45, 7) is 2.04. The van der Waals surface area contributed by atoms with Crippen LogP contribution in [0.15, 0.2) is 0 Å². The van der Waals surface area contributed by atoms with E-state index in [4.69, 9.17) is 11.6 Å². The largest absolute Gasteiger partial charge is 0.251 e. The van der Waals surface area contributed by atoms with Gasteiger partial charge in [-0.3, -0.25) is 4.39 Å². The second-order valence-electron chi connectivity index (χ2n) is 4.34. The van der Waals surface area contributed by atoms with Crippen LogP contribution in [-0.4, -0.2) is 12.1 Å². The highest BCUT2D eigenvalue weighted by molar-refractivity contribution is 6.20. The smallest absolute Gasteiger partial charge is 0.0894 e. The molecule has 92 valence electrons. The van der Waals surface area contributed by atoms with Crippen molar-refractivity contribution in [2.75, 3.05) is 6.67 Å². The van der Waals surface area contributed by atoms with Crippen molar-refractivity contribution >= 4 is 11.6 Å². The zero-order chi connectivity index (χ0) is 11.4. The zero-order valence-corrected chi connectivity index (χ0v) is 10.9. The molecule has 2 heteroatoms. The van der Waals surface area contributed by atoms with Gasteiger partial charge in [-0.25, -0.2) is 0 Å². The lowest BCUT2D eigenvalue weighted by atomic mass is 10.1. The zero-order valence-electron chi connectivity index (χ0n) is 10.1. The van der Waals surface area contributed by atoms with Gasteiger partial charge in [-0.1, -0.05) is 45.4 Å². The summed E-state index contributed by atoms with van der Waals surface area (Å²) in [5.41, 5.74) is 0. The summed E-state index contributed by atoms with van der Waals surface area (Å²) in [5.74, 6) is 0. The lowest BCUT2D eigenvalue weighted by Crippen LogP contribution is -1.98. The Bertz CT molecular complexity index is 117. The van der Waals surface area contributed by atoms with Crippen LogP contribution in [0.1, 0.15) is 71.1 Å². The van der Waals surface area contributed by atoms with Gasteiger partial charge < -0.3 is 0 Å². The van der Waals surface area contributed by atoms with E-state index in [9.17, 15) is 4.39 Å². The standard InChI is InChI=1S/C13H26ClF/c1-2-3-4-5-6-7-10-13(14)11-8-9-12-15/h13H,2-12H2,1H3. The maximum atomic E-state index is 11.8. The first-order valence-electron chi connectivity index (χ1n) is 6.51. The highest BCUT2D eigenvalue weighted by atomic mass is 35.5. The second-order valence-corrected chi connectivity index (χ2v) is 4.96. The van der Waals surface area contributed by atoms with E-state index in [1.807, 2.05) is 0 Å². The Balaban J connectivity index is 3.06. The second kappa shape index (κ2) is 12.3. The van der Waals surface area contributed by atoms with E-state index in [1.54, 1.807) is 0 Å². The Hall–Kier alpha value is 0.220. The van der Waals surface area contributed by atoms with Crippen LogP contribution in [0.2, 0.25) is 0 Å². The average molecular weight is 237 g/mol. The molecule has 1 unspecified atom stereocenters. The summed E-state index contributed by atoms with van der Waals surface area (Å²) in [5, 5.41) is 0.280. The van der Waals surface area contributed by atoms with Crippen LogP contribution in [0.3, 0.4) is 0 Å². The Labute approximate surface area is 99.6 Å². The summed E-state index contributed by atoms with van der Waals surface area (Å²) in [7, 11) is 0. The third kappa shape index (κ3) is 12.2. The molecule has 0 N–H and O–H groups in total. The minimum atomic E-state index is -0.194. The number of hydrogen-bond donors (Lipinski definition) is 0. The van der Waals surface area contributed by atoms with E-state index in [0.29, 0.717) is 6.42 Å². The molecular weight excluding hydrogens is 211 g/mol. The van der Waals surface area contributed by atoms with E-state index in [2.05, 4.69) is 6.92 Å². The van der Waals surface area contributed by atoms with Crippen molar-refractivity contribution in [1.82, 2.24) is 0 Å². The van der Waals surface area contributed by atoms with Gasteiger partial charge in [-0.15, -0.1) is 11.6 Å². The van der Waals surface area contributed by atoms with E-state index in [0.717, 1.165) is 19.3 Å². The lowest BCUT2D eigenvalue weighted by molar-refractivity contribution is 0.450. The summed E-state index contributed by atoms with van der Waals surface area (Å²) < 4.78 is 11.8. The van der Waals surface area contributed by atoms with Crippen molar-refractivity contribution in [3.05, 3.63) is 0 Å². The fourth-order valence-electron chi connectivity index (χ4n) is 1.75. The Morgan fingerprint density at radius 1 is 0.867 bits per heavy atom. The first kappa shape index (κ1) is 15.2. The fourth-order valence-corrected chi connectivity index (χ4v) is 2.06. The molecule has 0 rings (SSSR count). The van der Waals surface area contributed by atoms with Crippen LogP contribution in [0, 0.1) is 0 Å². The van der Waals surface area contributed by atoms with Crippen LogP contribution in [0.25, 0.3) is 0 Å². The van der Waals surface area contributed by atoms with Gasteiger partial charge in [0.15, 0.2) is 0 Å². The van der Waals surface area contributed by atoms with Gasteiger partial charge in [0.2, 0.25) is 0 Å². The van der Waals surface area contributed by atoms with Crippen molar-refractivity contribution in [3.8, 4) is 0 Å². The maximum absolute atomic E-state index is 11.8. The molecule has 1 atom stereocenters. The molecule has 0 heterocycles. The number of hydrogen-bond acceptors (Lipinski definition) is 0. The molecule has 0 aliphatic carbocycles. The van der Waals surface area contributed by atoms with Crippen LogP contribution >= 0.6 is 11.6 Å². The van der Waals surface area contributed by atoms with E-state index < -0.39 is 0 Å². The molecular formula is C13H26ClF. The van der Waals surface area contributed by atoms with Gasteiger partial charge in [-0.2, -0.15) is 0 Å². The minimum Gasteiger partial charge on any atom is -0.251 e. The first-order chi connectivity index (χ1) is 7.31. The molecule has 0 aliphatic rings. The molecule has 0 nitrogen and oxygen atoms in total. The molecule has 0 aliphatic heterocycles. The quantitative estimate of drug-likeness (QED) is 0.329. The molecule has 0 radical (unpaired) electrons. The molecule has 0 fully saturated rings. The normalized spacial score (nSPS) is 13.0. The van der Waals surface area contributed by atoms with Crippen molar-refractivity contribution in [3.63, 3.8) is 0 Å². The molecule has 0 aromatic rings. The summed E-state index contributed by atoms with van der Waals surface area (Å²) in [6, 6.07) is 0. The van der Waals surface area contributed by atoms with Gasteiger partial charge >= 0.3 is 0 Å². The van der Waals surface area contributed by atoms with E-state index >= 15 is 0 Å². The highest BCUT2D eigenvalue weighted by Crippen LogP contribution is 2.16. The molecule has 0 bridgehead atoms. The molecule has 15 heavy (non-hydrogen) atoms. The summed E-state index contributed by atoms with van der Waals surface area (Å²) >= 11 is 6.13. The Morgan fingerprint density at radius 2 is 1.40 bits per heavy atom. The number of alkyl halides is 2. The summed E-state index contributed by atoms with van der Waals surface area (Å²) in [6.07, 6.45) is 11.7. The van der Waals surface area contributed by atoms with Crippen molar-refractivity contribution < 1.29 is 4.39 Å². The van der Waals surface area contributed by atoms with Crippen LogP contribution < -0.4 is 0 Å². The van der Waals surface area contributed by atoms with E-state index in [1.165, 1.54) is 38.5 Å². The molecule has 0 aromatic carbocycles. The van der Waals surface area contributed by atoms with Gasteiger partial charge in [0.25, 0.3) is 0 Å². The Morgan fingerprint density at radius 3 is 2.00 bits per heavy atom. The molecule has 0 spiro atoms. The maximum Gasteiger partial charge on any atom is 0.0894 e. The third-order valence-corrected chi connectivity index (χ3v) is 3.21. The average Bonchev–Trinajstić information content (AvgIpc) is 2.23. The van der Waals surface area contributed by atoms with Gasteiger partial charge in [0.05, 0.1) is 6.67 Å². The molecule has 0 saturated heterocycles. The molecule has 0 amide bonds. The van der Waals surface area contributed by atoms with Crippen molar-refractivity contribution in [2.45, 2.75) is 76.5 Å². The molecule has 0 saturated carbocycles. The first-order valence-corrected chi connectivity index (χ1v) is 6.95. The SMILES string of the molecule is CCCCCCCCC(Cl)CCCCF. The van der Waals surface area contributed by atoms with Crippen molar-refractivity contribution in [2.24, 2.45) is 0 Å². The van der Waals surface area contributed by atoms with Gasteiger partial charge in [-0.05, 0) is 25.7 Å². The van der Waals surface area contributed by atoms with Crippen LogP contribution in [0.5, 0.6) is 0 Å². The Kier molecular flexibility index (Phi) is 12.5. The third-order valence-electron chi connectivity index (χ3n) is 2.77. The molecule has 0 aromatic heterocycles. The van der Waals surface area contributed by atoms with E-state index in [-0.39, 0.29) is 12.1 Å². The van der Waals surface area contributed by atoms with Crippen molar-refractivity contribution in [1.29, 1.82) is 0 Å². The number of unbranched alkanes of at least 4 members (excludes halogenated alkanes) is 6. The topological polar surface area (TPSA) is 0 Å². The van der Waals surface area contributed by atoms with Crippen LogP contribution in [0.4, 0.5) is 4.39 Å². The fraction of sp³-hybridized carbons (Fsp3) is 1.00. The predicted octanol–water partition coefficient (Wildman–Crippen LogP) is 5.48.